The molecule has 0 radical (unpaired) electrons. The molecule has 1 N–H and O–H groups in total. The van der Waals surface area contributed by atoms with Gasteiger partial charge in [-0.05, 0) is 36.5 Å². The maximum atomic E-state index is 12.5. The summed E-state index contributed by atoms with van der Waals surface area (Å²) >= 11 is 5.78. The number of rotatable bonds is 5. The van der Waals surface area contributed by atoms with Gasteiger partial charge < -0.3 is 5.32 Å². The van der Waals surface area contributed by atoms with Gasteiger partial charge in [-0.3, -0.25) is 14.9 Å². The van der Waals surface area contributed by atoms with Gasteiger partial charge in [-0.15, -0.1) is 0 Å². The lowest BCUT2D eigenvalue weighted by Gasteiger charge is -2.19. The standard InChI is InChI=1S/C17H15ClN2O3/c18-14-9-8-13(10-15(14)20(22)23)17(21)19-16(12-6-7-12)11-4-2-1-3-5-11/h1-5,8-10,12,16H,6-7H2,(H,19,21). The van der Waals surface area contributed by atoms with Crippen molar-refractivity contribution in [3.63, 3.8) is 0 Å². The molecule has 1 amide bonds. The summed E-state index contributed by atoms with van der Waals surface area (Å²) in [4.78, 5) is 22.8. The van der Waals surface area contributed by atoms with Crippen molar-refractivity contribution in [1.29, 1.82) is 0 Å². The Morgan fingerprint density at radius 1 is 1.22 bits per heavy atom. The quantitative estimate of drug-likeness (QED) is 0.661. The van der Waals surface area contributed by atoms with Crippen molar-refractivity contribution in [2.75, 3.05) is 0 Å². The maximum Gasteiger partial charge on any atom is 0.288 e. The van der Waals surface area contributed by atoms with Crippen LogP contribution in [-0.4, -0.2) is 10.8 Å². The van der Waals surface area contributed by atoms with E-state index in [1.165, 1.54) is 18.2 Å². The number of hydrogen-bond donors (Lipinski definition) is 1. The second-order valence-corrected chi connectivity index (χ2v) is 6.03. The zero-order valence-corrected chi connectivity index (χ0v) is 13.0. The van der Waals surface area contributed by atoms with Crippen LogP contribution in [0.15, 0.2) is 48.5 Å². The molecule has 0 saturated heterocycles. The lowest BCUT2D eigenvalue weighted by Crippen LogP contribution is -2.29. The highest BCUT2D eigenvalue weighted by Gasteiger charge is 2.33. The van der Waals surface area contributed by atoms with Crippen LogP contribution < -0.4 is 5.32 Å². The highest BCUT2D eigenvalue weighted by molar-refractivity contribution is 6.32. The summed E-state index contributed by atoms with van der Waals surface area (Å²) in [6.45, 7) is 0. The minimum Gasteiger partial charge on any atom is -0.345 e. The highest BCUT2D eigenvalue weighted by atomic mass is 35.5. The Bertz CT molecular complexity index is 745. The Morgan fingerprint density at radius 2 is 1.91 bits per heavy atom. The normalized spacial score (nSPS) is 15.0. The minimum atomic E-state index is -0.589. The van der Waals surface area contributed by atoms with E-state index >= 15 is 0 Å². The Morgan fingerprint density at radius 3 is 2.52 bits per heavy atom. The molecule has 1 atom stereocenters. The third kappa shape index (κ3) is 3.51. The molecule has 1 unspecified atom stereocenters. The first-order chi connectivity index (χ1) is 11.1. The van der Waals surface area contributed by atoms with E-state index in [2.05, 4.69) is 5.32 Å². The van der Waals surface area contributed by atoms with Crippen molar-refractivity contribution in [3.8, 4) is 0 Å². The van der Waals surface area contributed by atoms with Gasteiger partial charge in [0.2, 0.25) is 0 Å². The molecule has 1 saturated carbocycles. The minimum absolute atomic E-state index is 0.0216. The number of nitrogens with zero attached hydrogens (tertiary/aromatic N) is 1. The van der Waals surface area contributed by atoms with Crippen LogP contribution in [0.2, 0.25) is 5.02 Å². The van der Waals surface area contributed by atoms with E-state index in [0.29, 0.717) is 5.92 Å². The monoisotopic (exact) mass is 330 g/mol. The van der Waals surface area contributed by atoms with Crippen LogP contribution in [-0.2, 0) is 0 Å². The summed E-state index contributed by atoms with van der Waals surface area (Å²) in [5.41, 5.74) is 1.02. The number of benzene rings is 2. The Balaban J connectivity index is 1.83. The molecule has 0 aromatic heterocycles. The van der Waals surface area contributed by atoms with Gasteiger partial charge in [0.05, 0.1) is 11.0 Å². The average Bonchev–Trinajstić information content (AvgIpc) is 3.38. The van der Waals surface area contributed by atoms with Crippen molar-refractivity contribution in [3.05, 3.63) is 74.8 Å². The van der Waals surface area contributed by atoms with Gasteiger partial charge in [0, 0.05) is 11.6 Å². The van der Waals surface area contributed by atoms with E-state index in [1.807, 2.05) is 30.3 Å². The van der Waals surface area contributed by atoms with Crippen LogP contribution in [0.1, 0.15) is 34.8 Å². The van der Waals surface area contributed by atoms with E-state index < -0.39 is 4.92 Å². The summed E-state index contributed by atoms with van der Waals surface area (Å²) in [5, 5.41) is 14.0. The fourth-order valence-electron chi connectivity index (χ4n) is 2.58. The molecular weight excluding hydrogens is 316 g/mol. The largest absolute Gasteiger partial charge is 0.345 e. The Labute approximate surface area is 138 Å². The fourth-order valence-corrected chi connectivity index (χ4v) is 2.77. The van der Waals surface area contributed by atoms with Crippen LogP contribution in [0.4, 0.5) is 5.69 Å². The molecule has 23 heavy (non-hydrogen) atoms. The van der Waals surface area contributed by atoms with Gasteiger partial charge in [-0.25, -0.2) is 0 Å². The predicted molar refractivity (Wildman–Crippen MR) is 87.5 cm³/mol. The molecule has 5 nitrogen and oxygen atoms in total. The predicted octanol–water partition coefficient (Wildman–Crippen LogP) is 4.13. The molecule has 0 heterocycles. The van der Waals surface area contributed by atoms with Gasteiger partial charge >= 0.3 is 0 Å². The summed E-state index contributed by atoms with van der Waals surface area (Å²) in [6, 6.07) is 13.8. The van der Waals surface area contributed by atoms with Gasteiger partial charge in [-0.2, -0.15) is 0 Å². The molecule has 0 spiro atoms. The lowest BCUT2D eigenvalue weighted by atomic mass is 10.0. The third-order valence-corrected chi connectivity index (χ3v) is 4.26. The van der Waals surface area contributed by atoms with Crippen LogP contribution in [0.3, 0.4) is 0 Å². The van der Waals surface area contributed by atoms with Crippen molar-refractivity contribution >= 4 is 23.2 Å². The lowest BCUT2D eigenvalue weighted by molar-refractivity contribution is -0.384. The fraction of sp³-hybridized carbons (Fsp3) is 0.235. The van der Waals surface area contributed by atoms with Crippen molar-refractivity contribution < 1.29 is 9.72 Å². The summed E-state index contributed by atoms with van der Waals surface area (Å²) < 4.78 is 0. The number of carbonyl (C=O) groups excluding carboxylic acids is 1. The number of amides is 1. The molecule has 3 rings (SSSR count). The van der Waals surface area contributed by atoms with Gasteiger partial charge in [0.25, 0.3) is 11.6 Å². The smallest absolute Gasteiger partial charge is 0.288 e. The number of nitrogens with one attached hydrogen (secondary N) is 1. The summed E-state index contributed by atoms with van der Waals surface area (Å²) in [7, 11) is 0. The van der Waals surface area contributed by atoms with Gasteiger partial charge in [0.1, 0.15) is 5.02 Å². The van der Waals surface area contributed by atoms with Crippen LogP contribution >= 0.6 is 11.6 Å². The van der Waals surface area contributed by atoms with Gasteiger partial charge in [-0.1, -0.05) is 41.9 Å². The second-order valence-electron chi connectivity index (χ2n) is 5.62. The average molecular weight is 331 g/mol. The van der Waals surface area contributed by atoms with Crippen LogP contribution in [0, 0.1) is 16.0 Å². The number of nitro benzene ring substituents is 1. The molecule has 2 aromatic carbocycles. The number of halogens is 1. The van der Waals surface area contributed by atoms with E-state index in [4.69, 9.17) is 11.6 Å². The van der Waals surface area contributed by atoms with Crippen LogP contribution in [0.25, 0.3) is 0 Å². The van der Waals surface area contributed by atoms with E-state index in [9.17, 15) is 14.9 Å². The van der Waals surface area contributed by atoms with Crippen LogP contribution in [0.5, 0.6) is 0 Å². The van der Waals surface area contributed by atoms with Crippen molar-refractivity contribution in [2.45, 2.75) is 18.9 Å². The molecule has 1 fully saturated rings. The zero-order chi connectivity index (χ0) is 16.4. The van der Waals surface area contributed by atoms with Crippen molar-refractivity contribution in [2.24, 2.45) is 5.92 Å². The molecule has 6 heteroatoms. The molecule has 118 valence electrons. The molecule has 1 aliphatic carbocycles. The summed E-state index contributed by atoms with van der Waals surface area (Å²) in [6.07, 6.45) is 2.14. The number of hydrogen-bond acceptors (Lipinski definition) is 3. The molecule has 0 aliphatic heterocycles. The Hall–Kier alpha value is -2.40. The molecule has 0 bridgehead atoms. The number of carbonyl (C=O) groups is 1. The van der Waals surface area contributed by atoms with E-state index in [0.717, 1.165) is 18.4 Å². The highest BCUT2D eigenvalue weighted by Crippen LogP contribution is 2.41. The summed E-state index contributed by atoms with van der Waals surface area (Å²) in [5.74, 6) is 0.0918. The maximum absolute atomic E-state index is 12.5. The SMILES string of the molecule is O=C(NC(c1ccccc1)C1CC1)c1ccc(Cl)c([N+](=O)[O-])c1. The third-order valence-electron chi connectivity index (χ3n) is 3.94. The first-order valence-electron chi connectivity index (χ1n) is 7.36. The zero-order valence-electron chi connectivity index (χ0n) is 12.2. The number of nitro groups is 1. The Kier molecular flexibility index (Phi) is 4.30. The molecular formula is C17H15ClN2O3. The van der Waals surface area contributed by atoms with Gasteiger partial charge in [0.15, 0.2) is 0 Å². The van der Waals surface area contributed by atoms with Crippen molar-refractivity contribution in [1.82, 2.24) is 5.32 Å². The molecule has 2 aromatic rings. The first-order valence-corrected chi connectivity index (χ1v) is 7.74. The molecule has 1 aliphatic rings. The van der Waals surface area contributed by atoms with E-state index in [-0.39, 0.29) is 28.2 Å². The second kappa shape index (κ2) is 6.38. The first kappa shape index (κ1) is 15.5. The van der Waals surface area contributed by atoms with E-state index in [1.54, 1.807) is 0 Å². The topological polar surface area (TPSA) is 72.2 Å².